The van der Waals surface area contributed by atoms with Crippen LogP contribution in [0, 0.1) is 0 Å². The second-order valence-electron chi connectivity index (χ2n) is 5.67. The summed E-state index contributed by atoms with van der Waals surface area (Å²) in [6.45, 7) is 3.38. The fourth-order valence-electron chi connectivity index (χ4n) is 2.80. The van der Waals surface area contributed by atoms with E-state index < -0.39 is 10.0 Å². The van der Waals surface area contributed by atoms with Gasteiger partial charge in [-0.25, -0.2) is 8.42 Å². The monoisotopic (exact) mass is 314 g/mol. The van der Waals surface area contributed by atoms with Gasteiger partial charge in [-0.3, -0.25) is 0 Å². The minimum absolute atomic E-state index is 0.0575. The topological polar surface area (TPSA) is 62.6 Å². The van der Waals surface area contributed by atoms with Crippen molar-refractivity contribution in [2.24, 2.45) is 0 Å². The van der Waals surface area contributed by atoms with Crippen molar-refractivity contribution in [1.29, 1.82) is 0 Å². The molecule has 1 aliphatic rings. The predicted octanol–water partition coefficient (Wildman–Crippen LogP) is 2.73. The summed E-state index contributed by atoms with van der Waals surface area (Å²) in [6.07, 6.45) is 6.51. The molecule has 1 aromatic heterocycles. The van der Waals surface area contributed by atoms with Crippen molar-refractivity contribution in [3.63, 3.8) is 0 Å². The van der Waals surface area contributed by atoms with Gasteiger partial charge in [0, 0.05) is 13.1 Å². The molecule has 0 bridgehead atoms. The van der Waals surface area contributed by atoms with E-state index in [1.54, 1.807) is 19.2 Å². The van der Waals surface area contributed by atoms with Gasteiger partial charge in [0.2, 0.25) is 5.09 Å². The Morgan fingerprint density at radius 2 is 1.90 bits per heavy atom. The largest absolute Gasteiger partial charge is 0.447 e. The number of rotatable bonds is 6. The molecule has 5 nitrogen and oxygen atoms in total. The molecule has 120 valence electrons. The minimum Gasteiger partial charge on any atom is -0.447 e. The molecule has 0 saturated heterocycles. The van der Waals surface area contributed by atoms with Gasteiger partial charge in [-0.2, -0.15) is 4.31 Å². The summed E-state index contributed by atoms with van der Waals surface area (Å²) in [6, 6.07) is 3.39. The summed E-state index contributed by atoms with van der Waals surface area (Å²) in [5.74, 6) is 0.657. The van der Waals surface area contributed by atoms with Gasteiger partial charge in [-0.05, 0) is 31.5 Å². The minimum atomic E-state index is -3.52. The SMILES string of the molecule is CCNCc1ccc(S(=O)(=O)N(C)C2CCCCCC2)o1. The van der Waals surface area contributed by atoms with Crippen molar-refractivity contribution in [3.8, 4) is 0 Å². The van der Waals surface area contributed by atoms with Gasteiger partial charge in [-0.15, -0.1) is 0 Å². The number of hydrogen-bond donors (Lipinski definition) is 1. The van der Waals surface area contributed by atoms with Crippen molar-refractivity contribution in [2.45, 2.75) is 63.1 Å². The smallest absolute Gasteiger partial charge is 0.276 e. The molecule has 6 heteroatoms. The number of furan rings is 1. The maximum atomic E-state index is 12.6. The number of nitrogens with zero attached hydrogens (tertiary/aromatic N) is 1. The van der Waals surface area contributed by atoms with Gasteiger partial charge in [0.15, 0.2) is 0 Å². The van der Waals surface area contributed by atoms with Crippen LogP contribution in [0.4, 0.5) is 0 Å². The highest BCUT2D eigenvalue weighted by atomic mass is 32.2. The van der Waals surface area contributed by atoms with Gasteiger partial charge in [0.1, 0.15) is 5.76 Å². The van der Waals surface area contributed by atoms with E-state index in [-0.39, 0.29) is 11.1 Å². The second-order valence-corrected chi connectivity index (χ2v) is 7.60. The van der Waals surface area contributed by atoms with Gasteiger partial charge in [-0.1, -0.05) is 32.6 Å². The lowest BCUT2D eigenvalue weighted by molar-refractivity contribution is 0.318. The van der Waals surface area contributed by atoms with Crippen molar-refractivity contribution in [3.05, 3.63) is 17.9 Å². The zero-order valence-corrected chi connectivity index (χ0v) is 13.8. The Labute approximate surface area is 127 Å². The number of nitrogens with one attached hydrogen (secondary N) is 1. The standard InChI is InChI=1S/C15H26N2O3S/c1-3-16-12-14-10-11-15(20-14)21(18,19)17(2)13-8-6-4-5-7-9-13/h10-11,13,16H,3-9,12H2,1-2H3. The van der Waals surface area contributed by atoms with Crippen LogP contribution in [0.3, 0.4) is 0 Å². The first-order chi connectivity index (χ1) is 10.1. The van der Waals surface area contributed by atoms with E-state index in [1.165, 1.54) is 17.1 Å². The molecular formula is C15H26N2O3S. The Morgan fingerprint density at radius 3 is 2.52 bits per heavy atom. The molecule has 1 N–H and O–H groups in total. The highest BCUT2D eigenvalue weighted by molar-refractivity contribution is 7.89. The van der Waals surface area contributed by atoms with E-state index in [9.17, 15) is 8.42 Å². The molecule has 0 amide bonds. The van der Waals surface area contributed by atoms with Crippen LogP contribution in [0.1, 0.15) is 51.2 Å². The summed E-state index contributed by atoms with van der Waals surface area (Å²) < 4.78 is 32.3. The van der Waals surface area contributed by atoms with Gasteiger partial charge in [0.25, 0.3) is 10.0 Å². The fraction of sp³-hybridized carbons (Fsp3) is 0.733. The van der Waals surface area contributed by atoms with Gasteiger partial charge >= 0.3 is 0 Å². The van der Waals surface area contributed by atoms with E-state index in [1.807, 2.05) is 6.92 Å². The highest BCUT2D eigenvalue weighted by Crippen LogP contribution is 2.26. The van der Waals surface area contributed by atoms with Crippen molar-refractivity contribution in [2.75, 3.05) is 13.6 Å². The molecule has 1 saturated carbocycles. The van der Waals surface area contributed by atoms with Crippen molar-refractivity contribution in [1.82, 2.24) is 9.62 Å². The first kappa shape index (κ1) is 16.5. The maximum Gasteiger partial charge on any atom is 0.276 e. The van der Waals surface area contributed by atoms with Crippen LogP contribution < -0.4 is 5.32 Å². The summed E-state index contributed by atoms with van der Waals surface area (Å²) >= 11 is 0. The van der Waals surface area contributed by atoms with Crippen LogP contribution in [0.25, 0.3) is 0 Å². The molecule has 0 atom stereocenters. The van der Waals surface area contributed by atoms with E-state index in [2.05, 4.69) is 5.32 Å². The Balaban J connectivity index is 2.10. The predicted molar refractivity (Wildman–Crippen MR) is 82.5 cm³/mol. The van der Waals surface area contributed by atoms with Crippen LogP contribution in [0.5, 0.6) is 0 Å². The lowest BCUT2D eigenvalue weighted by atomic mass is 10.1. The van der Waals surface area contributed by atoms with E-state index in [0.717, 1.165) is 32.2 Å². The molecule has 21 heavy (non-hydrogen) atoms. The zero-order valence-electron chi connectivity index (χ0n) is 13.0. The van der Waals surface area contributed by atoms with Gasteiger partial charge < -0.3 is 9.73 Å². The third-order valence-electron chi connectivity index (χ3n) is 4.16. The first-order valence-electron chi connectivity index (χ1n) is 7.83. The van der Waals surface area contributed by atoms with E-state index in [0.29, 0.717) is 12.3 Å². The average Bonchev–Trinajstić information content (AvgIpc) is 2.79. The summed E-state index contributed by atoms with van der Waals surface area (Å²) in [4.78, 5) is 0. The third-order valence-corrected chi connectivity index (χ3v) is 5.94. The van der Waals surface area contributed by atoms with E-state index >= 15 is 0 Å². The molecule has 0 radical (unpaired) electrons. The van der Waals surface area contributed by atoms with Gasteiger partial charge in [0.05, 0.1) is 6.54 Å². The normalized spacial score (nSPS) is 18.0. The first-order valence-corrected chi connectivity index (χ1v) is 9.27. The Morgan fingerprint density at radius 1 is 1.24 bits per heavy atom. The molecule has 2 rings (SSSR count). The summed E-state index contributed by atoms with van der Waals surface area (Å²) in [5, 5.41) is 3.19. The molecule has 1 heterocycles. The van der Waals surface area contributed by atoms with Crippen LogP contribution in [0.2, 0.25) is 0 Å². The Hall–Kier alpha value is -0.850. The average molecular weight is 314 g/mol. The quantitative estimate of drug-likeness (QED) is 0.820. The Kier molecular flexibility index (Phi) is 5.84. The van der Waals surface area contributed by atoms with Crippen LogP contribution in [-0.2, 0) is 16.6 Å². The van der Waals surface area contributed by atoms with Crippen LogP contribution in [-0.4, -0.2) is 32.4 Å². The number of hydrogen-bond acceptors (Lipinski definition) is 4. The Bertz CT molecular complexity index is 531. The van der Waals surface area contributed by atoms with Crippen molar-refractivity contribution >= 4 is 10.0 Å². The molecule has 1 aliphatic carbocycles. The lowest BCUT2D eigenvalue weighted by Gasteiger charge is -2.25. The molecule has 1 fully saturated rings. The molecule has 0 unspecified atom stereocenters. The zero-order chi connectivity index (χ0) is 15.3. The molecule has 1 aromatic rings. The maximum absolute atomic E-state index is 12.6. The molecule has 0 spiro atoms. The van der Waals surface area contributed by atoms with Crippen LogP contribution in [0.15, 0.2) is 21.6 Å². The number of sulfonamides is 1. The van der Waals surface area contributed by atoms with Crippen LogP contribution >= 0.6 is 0 Å². The molecule has 0 aliphatic heterocycles. The summed E-state index contributed by atoms with van der Waals surface area (Å²) in [5.41, 5.74) is 0. The second kappa shape index (κ2) is 7.42. The molecular weight excluding hydrogens is 288 g/mol. The summed E-state index contributed by atoms with van der Waals surface area (Å²) in [7, 11) is -1.84. The van der Waals surface area contributed by atoms with E-state index in [4.69, 9.17) is 4.42 Å². The highest BCUT2D eigenvalue weighted by Gasteiger charge is 2.30. The molecule has 0 aromatic carbocycles. The lowest BCUT2D eigenvalue weighted by Crippen LogP contribution is -2.36. The fourth-order valence-corrected chi connectivity index (χ4v) is 4.14. The third kappa shape index (κ3) is 4.08. The van der Waals surface area contributed by atoms with Crippen molar-refractivity contribution < 1.29 is 12.8 Å².